The zero-order valence-corrected chi connectivity index (χ0v) is 11.8. The van der Waals surface area contributed by atoms with Crippen LogP contribution in [0, 0.1) is 6.92 Å². The van der Waals surface area contributed by atoms with Gasteiger partial charge in [0.15, 0.2) is 5.75 Å². The van der Waals surface area contributed by atoms with Crippen molar-refractivity contribution >= 4 is 28.1 Å². The van der Waals surface area contributed by atoms with Gasteiger partial charge in [-0.05, 0) is 30.7 Å². The average Bonchev–Trinajstić information content (AvgIpc) is 2.46. The van der Waals surface area contributed by atoms with E-state index in [-0.39, 0.29) is 0 Å². The summed E-state index contributed by atoms with van der Waals surface area (Å²) >= 11 is 6.21. The third-order valence-electron chi connectivity index (χ3n) is 3.29. The van der Waals surface area contributed by atoms with Crippen molar-refractivity contribution in [3.8, 4) is 11.5 Å². The topological polar surface area (TPSA) is 35.2 Å². The van der Waals surface area contributed by atoms with Gasteiger partial charge in [0.1, 0.15) is 5.75 Å². The first-order chi connectivity index (χ1) is 9.66. The standard InChI is InChI=1S/C17H14ClNO/c1-11-5-4-8-15(19)17(11)20-16-10-9-14(18)12-6-2-3-7-13(12)16/h2-10H,19H2,1H3. The number of nitrogens with two attached hydrogens (primary N) is 1. The molecule has 3 rings (SSSR count). The molecule has 0 atom stereocenters. The zero-order valence-electron chi connectivity index (χ0n) is 11.1. The number of hydrogen-bond donors (Lipinski definition) is 1. The van der Waals surface area contributed by atoms with Crippen LogP contribution in [0.4, 0.5) is 5.69 Å². The lowest BCUT2D eigenvalue weighted by atomic mass is 10.1. The third kappa shape index (κ3) is 2.19. The van der Waals surface area contributed by atoms with Crippen LogP contribution in [0.1, 0.15) is 5.56 Å². The summed E-state index contributed by atoms with van der Waals surface area (Å²) in [4.78, 5) is 0. The van der Waals surface area contributed by atoms with Crippen LogP contribution in [-0.4, -0.2) is 0 Å². The summed E-state index contributed by atoms with van der Waals surface area (Å²) in [6.07, 6.45) is 0. The second-order valence-electron chi connectivity index (χ2n) is 4.69. The van der Waals surface area contributed by atoms with Crippen LogP contribution in [-0.2, 0) is 0 Å². The van der Waals surface area contributed by atoms with Gasteiger partial charge < -0.3 is 10.5 Å². The first-order valence-electron chi connectivity index (χ1n) is 6.37. The van der Waals surface area contributed by atoms with E-state index in [0.29, 0.717) is 16.5 Å². The zero-order chi connectivity index (χ0) is 14.1. The second-order valence-corrected chi connectivity index (χ2v) is 5.09. The summed E-state index contributed by atoms with van der Waals surface area (Å²) in [6, 6.07) is 17.3. The minimum absolute atomic E-state index is 0.629. The third-order valence-corrected chi connectivity index (χ3v) is 3.61. The number of anilines is 1. The molecule has 0 saturated heterocycles. The molecule has 0 spiro atoms. The van der Waals surface area contributed by atoms with Crippen molar-refractivity contribution in [2.45, 2.75) is 6.92 Å². The van der Waals surface area contributed by atoms with Crippen LogP contribution in [0.15, 0.2) is 54.6 Å². The van der Waals surface area contributed by atoms with Crippen molar-refractivity contribution in [2.75, 3.05) is 5.73 Å². The number of para-hydroxylation sites is 1. The monoisotopic (exact) mass is 283 g/mol. The lowest BCUT2D eigenvalue weighted by Gasteiger charge is -2.13. The lowest BCUT2D eigenvalue weighted by Crippen LogP contribution is -1.95. The van der Waals surface area contributed by atoms with Gasteiger partial charge in [0, 0.05) is 15.8 Å². The van der Waals surface area contributed by atoms with Crippen LogP contribution in [0.25, 0.3) is 10.8 Å². The number of aryl methyl sites for hydroxylation is 1. The van der Waals surface area contributed by atoms with E-state index in [1.165, 1.54) is 0 Å². The second kappa shape index (κ2) is 5.06. The molecule has 3 aromatic rings. The Hall–Kier alpha value is -2.19. The minimum Gasteiger partial charge on any atom is -0.454 e. The highest BCUT2D eigenvalue weighted by Gasteiger charge is 2.09. The minimum atomic E-state index is 0.629. The molecule has 0 aliphatic carbocycles. The highest BCUT2D eigenvalue weighted by molar-refractivity contribution is 6.35. The average molecular weight is 284 g/mol. The Kier molecular flexibility index (Phi) is 3.25. The van der Waals surface area contributed by atoms with Crippen molar-refractivity contribution < 1.29 is 4.74 Å². The van der Waals surface area contributed by atoms with Gasteiger partial charge >= 0.3 is 0 Å². The van der Waals surface area contributed by atoms with Crippen molar-refractivity contribution in [3.63, 3.8) is 0 Å². The van der Waals surface area contributed by atoms with Gasteiger partial charge in [-0.1, -0.05) is 48.0 Å². The Balaban J connectivity index is 2.14. The molecule has 2 nitrogen and oxygen atoms in total. The molecule has 2 N–H and O–H groups in total. The van der Waals surface area contributed by atoms with Gasteiger partial charge in [-0.3, -0.25) is 0 Å². The van der Waals surface area contributed by atoms with Crippen molar-refractivity contribution in [1.82, 2.24) is 0 Å². The Morgan fingerprint density at radius 1 is 0.900 bits per heavy atom. The SMILES string of the molecule is Cc1cccc(N)c1Oc1ccc(Cl)c2ccccc12. The molecule has 20 heavy (non-hydrogen) atoms. The van der Waals surface area contributed by atoms with Gasteiger partial charge in [-0.25, -0.2) is 0 Å². The Labute approximate surface area is 122 Å². The molecule has 0 aromatic heterocycles. The Morgan fingerprint density at radius 3 is 2.40 bits per heavy atom. The molecule has 0 unspecified atom stereocenters. The van der Waals surface area contributed by atoms with Crippen molar-refractivity contribution in [1.29, 1.82) is 0 Å². The van der Waals surface area contributed by atoms with Crippen LogP contribution in [0.2, 0.25) is 5.02 Å². The summed E-state index contributed by atoms with van der Waals surface area (Å²) in [5, 5.41) is 2.66. The van der Waals surface area contributed by atoms with Gasteiger partial charge in [-0.2, -0.15) is 0 Å². The van der Waals surface area contributed by atoms with Gasteiger partial charge in [0.05, 0.1) is 5.69 Å². The van der Waals surface area contributed by atoms with E-state index < -0.39 is 0 Å². The molecule has 0 aliphatic heterocycles. The van der Waals surface area contributed by atoms with E-state index in [1.54, 1.807) is 0 Å². The van der Waals surface area contributed by atoms with Crippen molar-refractivity contribution in [2.24, 2.45) is 0 Å². The molecule has 0 amide bonds. The smallest absolute Gasteiger partial charge is 0.153 e. The first kappa shape index (κ1) is 12.8. The highest BCUT2D eigenvalue weighted by atomic mass is 35.5. The van der Waals surface area contributed by atoms with Gasteiger partial charge in [0.25, 0.3) is 0 Å². The quantitative estimate of drug-likeness (QED) is 0.658. The number of nitrogen functional groups attached to an aromatic ring is 1. The number of hydrogen-bond acceptors (Lipinski definition) is 2. The number of fused-ring (bicyclic) bond motifs is 1. The lowest BCUT2D eigenvalue weighted by molar-refractivity contribution is 0.487. The fraction of sp³-hybridized carbons (Fsp3) is 0.0588. The maximum atomic E-state index is 6.21. The number of ether oxygens (including phenoxy) is 1. The molecule has 3 aromatic carbocycles. The van der Waals surface area contributed by atoms with E-state index in [4.69, 9.17) is 22.1 Å². The highest BCUT2D eigenvalue weighted by Crippen LogP contribution is 2.37. The van der Waals surface area contributed by atoms with E-state index in [2.05, 4.69) is 0 Å². The number of benzene rings is 3. The summed E-state index contributed by atoms with van der Waals surface area (Å²) in [5.74, 6) is 1.45. The van der Waals surface area contributed by atoms with Crippen molar-refractivity contribution in [3.05, 3.63) is 65.2 Å². The molecule has 0 radical (unpaired) electrons. The molecular formula is C17H14ClNO. The molecule has 0 saturated carbocycles. The van der Waals surface area contributed by atoms with Gasteiger partial charge in [0.2, 0.25) is 0 Å². The fourth-order valence-electron chi connectivity index (χ4n) is 2.25. The first-order valence-corrected chi connectivity index (χ1v) is 6.75. The molecule has 0 bridgehead atoms. The molecule has 0 heterocycles. The molecule has 3 heteroatoms. The van der Waals surface area contributed by atoms with E-state index in [9.17, 15) is 0 Å². The molecule has 0 fully saturated rings. The predicted octanol–water partition coefficient (Wildman–Crippen LogP) is 5.18. The predicted molar refractivity (Wildman–Crippen MR) is 84.6 cm³/mol. The Bertz CT molecular complexity index is 763. The van der Waals surface area contributed by atoms with Crippen LogP contribution < -0.4 is 10.5 Å². The van der Waals surface area contributed by atoms with E-state index >= 15 is 0 Å². The molecule has 100 valence electrons. The summed E-state index contributed by atoms with van der Waals surface area (Å²) < 4.78 is 6.02. The van der Waals surface area contributed by atoms with E-state index in [0.717, 1.165) is 22.1 Å². The van der Waals surface area contributed by atoms with E-state index in [1.807, 2.05) is 61.5 Å². The maximum absolute atomic E-state index is 6.21. The molecular weight excluding hydrogens is 270 g/mol. The van der Waals surface area contributed by atoms with Crippen LogP contribution in [0.5, 0.6) is 11.5 Å². The number of halogens is 1. The summed E-state index contributed by atoms with van der Waals surface area (Å²) in [6.45, 7) is 1.98. The number of rotatable bonds is 2. The maximum Gasteiger partial charge on any atom is 0.153 e. The summed E-state index contributed by atoms with van der Waals surface area (Å²) in [5.41, 5.74) is 7.62. The Morgan fingerprint density at radius 2 is 1.65 bits per heavy atom. The van der Waals surface area contributed by atoms with Crippen LogP contribution in [0.3, 0.4) is 0 Å². The summed E-state index contributed by atoms with van der Waals surface area (Å²) in [7, 11) is 0. The van der Waals surface area contributed by atoms with Gasteiger partial charge in [-0.15, -0.1) is 0 Å². The fourth-order valence-corrected chi connectivity index (χ4v) is 2.48. The van der Waals surface area contributed by atoms with Crippen LogP contribution >= 0.6 is 11.6 Å². The molecule has 0 aliphatic rings. The normalized spacial score (nSPS) is 10.7. The largest absolute Gasteiger partial charge is 0.454 e.